The van der Waals surface area contributed by atoms with Gasteiger partial charge in [-0.25, -0.2) is 0 Å². The number of aliphatic hydroxyl groups is 1. The van der Waals surface area contributed by atoms with Gasteiger partial charge < -0.3 is 15.3 Å². The first-order chi connectivity index (χ1) is 10.1. The van der Waals surface area contributed by atoms with E-state index in [1.807, 2.05) is 36.4 Å². The fourth-order valence-corrected chi connectivity index (χ4v) is 3.33. The van der Waals surface area contributed by atoms with Crippen LogP contribution in [0.4, 0.5) is 5.69 Å². The summed E-state index contributed by atoms with van der Waals surface area (Å²) in [4.78, 5) is 0. The minimum absolute atomic E-state index is 0.559. The number of fused-ring (bicyclic) bond motifs is 2. The normalized spacial score (nSPS) is 20.9. The van der Waals surface area contributed by atoms with E-state index in [0.29, 0.717) is 17.2 Å². The van der Waals surface area contributed by atoms with Crippen LogP contribution in [0.1, 0.15) is 23.3 Å². The Morgan fingerprint density at radius 2 is 2.00 bits per heavy atom. The Morgan fingerprint density at radius 3 is 2.86 bits per heavy atom. The monoisotopic (exact) mass is 299 g/mol. The summed E-state index contributed by atoms with van der Waals surface area (Å²) < 4.78 is 5.86. The third kappa shape index (κ3) is 1.85. The van der Waals surface area contributed by atoms with Crippen LogP contribution in [0, 0.1) is 0 Å². The molecular weight excluding hydrogens is 286 g/mol. The van der Waals surface area contributed by atoms with E-state index >= 15 is 0 Å². The van der Waals surface area contributed by atoms with E-state index < -0.39 is 5.60 Å². The molecule has 1 aromatic heterocycles. The number of hydrogen-bond donors (Lipinski definition) is 2. The fraction of sp³-hybridized carbons (Fsp3) is 0.176. The van der Waals surface area contributed by atoms with Gasteiger partial charge in [0.25, 0.3) is 0 Å². The molecule has 1 atom stereocenters. The van der Waals surface area contributed by atoms with Gasteiger partial charge in [-0.05, 0) is 60.4 Å². The molecule has 21 heavy (non-hydrogen) atoms. The van der Waals surface area contributed by atoms with E-state index in [1.54, 1.807) is 6.07 Å². The molecule has 0 spiro atoms. The van der Waals surface area contributed by atoms with Crippen LogP contribution in [0.5, 0.6) is 0 Å². The summed E-state index contributed by atoms with van der Waals surface area (Å²) in [5.74, 6) is 0.559. The van der Waals surface area contributed by atoms with Crippen molar-refractivity contribution in [3.8, 4) is 0 Å². The summed E-state index contributed by atoms with van der Waals surface area (Å²) in [6, 6.07) is 12.9. The number of hydrogen-bond acceptors (Lipinski definition) is 3. The molecular formula is C17H14ClNO2. The molecule has 3 N–H and O–H groups in total. The van der Waals surface area contributed by atoms with Crippen LogP contribution in [-0.4, -0.2) is 5.11 Å². The van der Waals surface area contributed by atoms with Crippen molar-refractivity contribution in [2.45, 2.75) is 18.4 Å². The highest BCUT2D eigenvalue weighted by Crippen LogP contribution is 2.44. The van der Waals surface area contributed by atoms with Crippen LogP contribution < -0.4 is 5.73 Å². The lowest BCUT2D eigenvalue weighted by Gasteiger charge is -2.21. The molecule has 4 rings (SSSR count). The van der Waals surface area contributed by atoms with Crippen molar-refractivity contribution in [2.24, 2.45) is 0 Å². The molecule has 1 unspecified atom stereocenters. The lowest BCUT2D eigenvalue weighted by molar-refractivity contribution is 0.0605. The summed E-state index contributed by atoms with van der Waals surface area (Å²) in [7, 11) is 0. The molecule has 0 aliphatic heterocycles. The summed E-state index contributed by atoms with van der Waals surface area (Å²) >= 11 is 6.00. The van der Waals surface area contributed by atoms with E-state index in [2.05, 4.69) is 0 Å². The van der Waals surface area contributed by atoms with Crippen molar-refractivity contribution >= 4 is 28.3 Å². The average Bonchev–Trinajstić information content (AvgIpc) is 3.01. The number of halogens is 1. The molecule has 0 saturated carbocycles. The van der Waals surface area contributed by atoms with Crippen LogP contribution >= 0.6 is 11.6 Å². The third-order valence-electron chi connectivity index (χ3n) is 4.22. The summed E-state index contributed by atoms with van der Waals surface area (Å²) in [6.07, 6.45) is 1.38. The zero-order valence-corrected chi connectivity index (χ0v) is 12.0. The largest absolute Gasteiger partial charge is 0.458 e. The highest BCUT2D eigenvalue weighted by Gasteiger charge is 2.41. The van der Waals surface area contributed by atoms with E-state index in [4.69, 9.17) is 21.8 Å². The number of rotatable bonds is 1. The van der Waals surface area contributed by atoms with Crippen molar-refractivity contribution in [1.29, 1.82) is 0 Å². The van der Waals surface area contributed by atoms with Gasteiger partial charge in [0.15, 0.2) is 0 Å². The third-order valence-corrected chi connectivity index (χ3v) is 4.45. The molecule has 0 saturated heterocycles. The Morgan fingerprint density at radius 1 is 1.14 bits per heavy atom. The second-order valence-electron chi connectivity index (χ2n) is 5.57. The predicted octanol–water partition coefficient (Wildman–Crippen LogP) is 3.85. The van der Waals surface area contributed by atoms with Gasteiger partial charge in [0, 0.05) is 16.1 Å². The van der Waals surface area contributed by atoms with Gasteiger partial charge in [0.05, 0.1) is 0 Å². The van der Waals surface area contributed by atoms with Gasteiger partial charge in [-0.3, -0.25) is 0 Å². The van der Waals surface area contributed by atoms with Crippen LogP contribution in [0.25, 0.3) is 11.0 Å². The number of anilines is 1. The van der Waals surface area contributed by atoms with Gasteiger partial charge in [-0.2, -0.15) is 0 Å². The second kappa shape index (κ2) is 4.26. The molecule has 0 bridgehead atoms. The summed E-state index contributed by atoms with van der Waals surface area (Å²) in [5, 5.41) is 12.7. The maximum atomic E-state index is 11.1. The predicted molar refractivity (Wildman–Crippen MR) is 83.4 cm³/mol. The molecule has 2 aromatic carbocycles. The molecule has 1 aliphatic rings. The van der Waals surface area contributed by atoms with Crippen molar-refractivity contribution in [3.05, 3.63) is 64.4 Å². The second-order valence-corrected chi connectivity index (χ2v) is 6.01. The standard InChI is InChI=1S/C17H14ClNO2/c18-12-1-4-15-11(7-12)9-16(21-15)17(20)6-5-10-8-13(19)2-3-14(10)17/h1-4,7-9,20H,5-6,19H2. The molecule has 4 heteroatoms. The first-order valence-electron chi connectivity index (χ1n) is 6.87. The van der Waals surface area contributed by atoms with Gasteiger partial charge in [-0.1, -0.05) is 17.7 Å². The SMILES string of the molecule is Nc1ccc2c(c1)CCC2(O)c1cc2cc(Cl)ccc2o1. The topological polar surface area (TPSA) is 59.4 Å². The minimum Gasteiger partial charge on any atom is -0.458 e. The van der Waals surface area contributed by atoms with Crippen molar-refractivity contribution < 1.29 is 9.52 Å². The first kappa shape index (κ1) is 12.7. The highest BCUT2D eigenvalue weighted by atomic mass is 35.5. The summed E-state index contributed by atoms with van der Waals surface area (Å²) in [6.45, 7) is 0. The molecule has 0 radical (unpaired) electrons. The van der Waals surface area contributed by atoms with Gasteiger partial charge in [0.2, 0.25) is 0 Å². The Balaban J connectivity index is 1.89. The quantitative estimate of drug-likeness (QED) is 0.671. The smallest absolute Gasteiger partial charge is 0.148 e. The first-order valence-corrected chi connectivity index (χ1v) is 7.25. The van der Waals surface area contributed by atoms with E-state index in [-0.39, 0.29) is 0 Å². The molecule has 0 amide bonds. The van der Waals surface area contributed by atoms with Crippen LogP contribution in [0.2, 0.25) is 5.02 Å². The van der Waals surface area contributed by atoms with E-state index in [1.165, 1.54) is 0 Å². The Labute approximate surface area is 126 Å². The molecule has 0 fully saturated rings. The molecule has 1 aliphatic carbocycles. The van der Waals surface area contributed by atoms with Crippen molar-refractivity contribution in [2.75, 3.05) is 5.73 Å². The van der Waals surface area contributed by atoms with Gasteiger partial charge >= 0.3 is 0 Å². The zero-order chi connectivity index (χ0) is 14.6. The van der Waals surface area contributed by atoms with Crippen molar-refractivity contribution in [1.82, 2.24) is 0 Å². The maximum Gasteiger partial charge on any atom is 0.148 e. The Bertz CT molecular complexity index is 855. The number of benzene rings is 2. The summed E-state index contributed by atoms with van der Waals surface area (Å²) in [5.41, 5.74) is 8.13. The number of aryl methyl sites for hydroxylation is 1. The van der Waals surface area contributed by atoms with Crippen LogP contribution in [0.15, 0.2) is 46.9 Å². The average molecular weight is 300 g/mol. The lowest BCUT2D eigenvalue weighted by atomic mass is 9.93. The van der Waals surface area contributed by atoms with Crippen LogP contribution in [0.3, 0.4) is 0 Å². The minimum atomic E-state index is -1.09. The maximum absolute atomic E-state index is 11.1. The number of nitrogens with two attached hydrogens (primary N) is 1. The van der Waals surface area contributed by atoms with E-state index in [9.17, 15) is 5.11 Å². The fourth-order valence-electron chi connectivity index (χ4n) is 3.15. The lowest BCUT2D eigenvalue weighted by Crippen LogP contribution is -2.23. The van der Waals surface area contributed by atoms with Crippen LogP contribution in [-0.2, 0) is 12.0 Å². The van der Waals surface area contributed by atoms with Gasteiger partial charge in [0.1, 0.15) is 16.9 Å². The van der Waals surface area contributed by atoms with Gasteiger partial charge in [-0.15, -0.1) is 0 Å². The Kier molecular flexibility index (Phi) is 2.59. The van der Waals surface area contributed by atoms with E-state index in [0.717, 1.165) is 34.2 Å². The molecule has 106 valence electrons. The number of furan rings is 1. The molecule has 3 nitrogen and oxygen atoms in total. The highest BCUT2D eigenvalue weighted by molar-refractivity contribution is 6.31. The number of nitrogen functional groups attached to an aromatic ring is 1. The molecule has 3 aromatic rings. The van der Waals surface area contributed by atoms with Crippen molar-refractivity contribution in [3.63, 3.8) is 0 Å². The Hall–Kier alpha value is -1.97. The zero-order valence-electron chi connectivity index (χ0n) is 11.3. The molecule has 1 heterocycles.